The van der Waals surface area contributed by atoms with Crippen molar-refractivity contribution in [3.05, 3.63) is 59.8 Å². The lowest BCUT2D eigenvalue weighted by Gasteiger charge is -2.43. The van der Waals surface area contributed by atoms with Crippen LogP contribution in [0.15, 0.2) is 48.5 Å². The van der Waals surface area contributed by atoms with Crippen molar-refractivity contribution in [1.82, 2.24) is 9.88 Å². The van der Waals surface area contributed by atoms with Crippen LogP contribution in [0.3, 0.4) is 0 Å². The molecular weight excluding hydrogens is 424 g/mol. The highest BCUT2D eigenvalue weighted by Gasteiger charge is 2.59. The Labute approximate surface area is 202 Å². The molecule has 5 heteroatoms. The van der Waals surface area contributed by atoms with E-state index in [-0.39, 0.29) is 22.8 Å². The van der Waals surface area contributed by atoms with Gasteiger partial charge in [-0.2, -0.15) is 0 Å². The molecule has 3 atom stereocenters. The van der Waals surface area contributed by atoms with Crippen molar-refractivity contribution in [2.24, 2.45) is 16.7 Å². The number of benzene rings is 2. The number of hydrogen-bond acceptors (Lipinski definition) is 3. The van der Waals surface area contributed by atoms with Gasteiger partial charge in [-0.1, -0.05) is 51.1 Å². The van der Waals surface area contributed by atoms with Gasteiger partial charge in [0.05, 0.1) is 24.7 Å². The molecule has 2 aliphatic rings. The number of ether oxygens (including phenoxy) is 2. The maximum absolute atomic E-state index is 13.9. The van der Waals surface area contributed by atoms with E-state index in [0.717, 1.165) is 33.7 Å². The summed E-state index contributed by atoms with van der Waals surface area (Å²) in [4.78, 5) is 13.9. The lowest BCUT2D eigenvalue weighted by atomic mass is 9.68. The Balaban J connectivity index is 1.47. The van der Waals surface area contributed by atoms with Gasteiger partial charge >= 0.3 is 0 Å². The topological polar surface area (TPSA) is 52.5 Å². The highest BCUT2D eigenvalue weighted by Crippen LogP contribution is 2.62. The van der Waals surface area contributed by atoms with Gasteiger partial charge in [-0.15, -0.1) is 0 Å². The van der Waals surface area contributed by atoms with E-state index >= 15 is 0 Å². The second-order valence-electron chi connectivity index (χ2n) is 11.0. The monoisotopic (exact) mass is 460 g/mol. The summed E-state index contributed by atoms with van der Waals surface area (Å²) in [6.07, 6.45) is 3.67. The molecule has 0 saturated heterocycles. The maximum atomic E-state index is 13.9. The molecule has 2 aliphatic carbocycles. The molecule has 0 aliphatic heterocycles. The largest absolute Gasteiger partial charge is 0.495 e. The first-order chi connectivity index (χ1) is 16.3. The van der Waals surface area contributed by atoms with Gasteiger partial charge in [0, 0.05) is 17.1 Å². The number of carbonyl (C=O) groups is 1. The van der Waals surface area contributed by atoms with Crippen LogP contribution in [0, 0.1) is 23.7 Å². The molecule has 3 aromatic rings. The second kappa shape index (κ2) is 8.37. The number of methoxy groups -OCH3 is 1. The second-order valence-corrected chi connectivity index (χ2v) is 11.0. The maximum Gasteiger partial charge on any atom is 0.253 e. The summed E-state index contributed by atoms with van der Waals surface area (Å²) in [5.41, 5.74) is 2.92. The van der Waals surface area contributed by atoms with Crippen LogP contribution in [0.2, 0.25) is 0 Å². The molecule has 1 amide bonds. The van der Waals surface area contributed by atoms with E-state index < -0.39 is 0 Å². The molecule has 0 spiro atoms. The molecule has 1 aromatic heterocycles. The number of nitrogens with zero attached hydrogens (tertiary/aromatic N) is 1. The van der Waals surface area contributed by atoms with Crippen LogP contribution in [0.4, 0.5) is 0 Å². The Hall–Kier alpha value is -2.95. The standard InChI is InChI=1S/C29H36N2O3/c1-19-24(26(32)30-27-28(2,3)20-14-15-29(27,4)18-20)22-12-9-13-23(33-5)25(22)31(19)16-17-34-21-10-7-6-8-11-21/h6-13,20,27H,14-18H2,1-5H3,(H,30,32)/t20?,27-,29+/m1/s1. The Bertz CT molecular complexity index is 1210. The average molecular weight is 461 g/mol. The van der Waals surface area contributed by atoms with Crippen LogP contribution in [0.25, 0.3) is 10.9 Å². The van der Waals surface area contributed by atoms with E-state index in [4.69, 9.17) is 9.47 Å². The van der Waals surface area contributed by atoms with Crippen molar-refractivity contribution in [2.45, 2.75) is 59.5 Å². The summed E-state index contributed by atoms with van der Waals surface area (Å²) in [6.45, 7) is 10.2. The molecule has 5 nitrogen and oxygen atoms in total. The summed E-state index contributed by atoms with van der Waals surface area (Å²) in [6, 6.07) is 15.9. The minimum absolute atomic E-state index is 0.0188. The minimum Gasteiger partial charge on any atom is -0.495 e. The molecular formula is C29H36N2O3. The number of hydrogen-bond donors (Lipinski definition) is 1. The fraction of sp³-hybridized carbons (Fsp3) is 0.483. The summed E-state index contributed by atoms with van der Waals surface area (Å²) in [5, 5.41) is 4.43. The van der Waals surface area contributed by atoms with Crippen LogP contribution in [-0.4, -0.2) is 30.2 Å². The molecule has 34 heavy (non-hydrogen) atoms. The van der Waals surface area contributed by atoms with E-state index in [9.17, 15) is 4.79 Å². The predicted molar refractivity (Wildman–Crippen MR) is 136 cm³/mol. The Kier molecular flexibility index (Phi) is 5.62. The smallest absolute Gasteiger partial charge is 0.253 e. The van der Waals surface area contributed by atoms with Gasteiger partial charge in [0.2, 0.25) is 0 Å². The van der Waals surface area contributed by atoms with E-state index in [1.54, 1.807) is 7.11 Å². The van der Waals surface area contributed by atoms with Gasteiger partial charge in [0.1, 0.15) is 18.1 Å². The highest BCUT2D eigenvalue weighted by atomic mass is 16.5. The van der Waals surface area contributed by atoms with E-state index in [1.807, 2.05) is 55.5 Å². The van der Waals surface area contributed by atoms with Crippen LogP contribution < -0.4 is 14.8 Å². The lowest BCUT2D eigenvalue weighted by Crippen LogP contribution is -2.52. The zero-order valence-corrected chi connectivity index (χ0v) is 21.0. The predicted octanol–water partition coefficient (Wildman–Crippen LogP) is 5.98. The fourth-order valence-electron chi connectivity index (χ4n) is 6.87. The zero-order chi connectivity index (χ0) is 24.1. The molecule has 1 heterocycles. The zero-order valence-electron chi connectivity index (χ0n) is 21.0. The van der Waals surface area contributed by atoms with Gasteiger partial charge in [-0.05, 0) is 61.1 Å². The molecule has 5 rings (SSSR count). The molecule has 2 saturated carbocycles. The van der Waals surface area contributed by atoms with Gasteiger partial charge in [-0.3, -0.25) is 4.79 Å². The van der Waals surface area contributed by atoms with Crippen molar-refractivity contribution in [3.63, 3.8) is 0 Å². The average Bonchev–Trinajstić information content (AvgIpc) is 3.41. The molecule has 2 bridgehead atoms. The SMILES string of the molecule is COc1cccc2c(C(=O)N[C@@H]3C(C)(C)C4CC[C@@]3(C)C4)c(C)n(CCOc3ccccc3)c12. The lowest BCUT2D eigenvalue weighted by molar-refractivity contribution is 0.0738. The van der Waals surface area contributed by atoms with Crippen molar-refractivity contribution in [1.29, 1.82) is 0 Å². The van der Waals surface area contributed by atoms with Gasteiger partial charge in [0.15, 0.2) is 0 Å². The number of nitrogens with one attached hydrogen (secondary N) is 1. The van der Waals surface area contributed by atoms with Crippen LogP contribution in [0.1, 0.15) is 56.1 Å². The first kappa shape index (κ1) is 22.8. The van der Waals surface area contributed by atoms with E-state index in [1.165, 1.54) is 19.3 Å². The number of fused-ring (bicyclic) bond motifs is 3. The van der Waals surface area contributed by atoms with Crippen LogP contribution in [-0.2, 0) is 6.54 Å². The van der Waals surface area contributed by atoms with Gasteiger partial charge in [-0.25, -0.2) is 0 Å². The van der Waals surface area contributed by atoms with Crippen molar-refractivity contribution < 1.29 is 14.3 Å². The molecule has 1 unspecified atom stereocenters. The first-order valence-corrected chi connectivity index (χ1v) is 12.4. The van der Waals surface area contributed by atoms with Gasteiger partial charge in [0.25, 0.3) is 5.91 Å². The van der Waals surface area contributed by atoms with Gasteiger partial charge < -0.3 is 19.4 Å². The first-order valence-electron chi connectivity index (χ1n) is 12.4. The third-order valence-electron chi connectivity index (χ3n) is 8.62. The van der Waals surface area contributed by atoms with Crippen molar-refractivity contribution in [3.8, 4) is 11.5 Å². The quantitative estimate of drug-likeness (QED) is 0.472. The summed E-state index contributed by atoms with van der Waals surface area (Å²) < 4.78 is 13.9. The molecule has 1 N–H and O–H groups in total. The fourth-order valence-corrected chi connectivity index (χ4v) is 6.87. The summed E-state index contributed by atoms with van der Waals surface area (Å²) >= 11 is 0. The summed E-state index contributed by atoms with van der Waals surface area (Å²) in [5.74, 6) is 2.31. The number of rotatable bonds is 7. The number of carbonyl (C=O) groups excluding carboxylic acids is 1. The van der Waals surface area contributed by atoms with Crippen molar-refractivity contribution in [2.75, 3.05) is 13.7 Å². The highest BCUT2D eigenvalue weighted by molar-refractivity contribution is 6.10. The van der Waals surface area contributed by atoms with Crippen molar-refractivity contribution >= 4 is 16.8 Å². The Morgan fingerprint density at radius 2 is 1.88 bits per heavy atom. The Morgan fingerprint density at radius 1 is 1.12 bits per heavy atom. The third kappa shape index (κ3) is 3.57. The number of aromatic nitrogens is 1. The number of amides is 1. The van der Waals surface area contributed by atoms with Crippen LogP contribution >= 0.6 is 0 Å². The van der Waals surface area contributed by atoms with E-state index in [2.05, 4.69) is 30.7 Å². The third-order valence-corrected chi connectivity index (χ3v) is 8.62. The minimum atomic E-state index is 0.0188. The van der Waals surface area contributed by atoms with Crippen LogP contribution in [0.5, 0.6) is 11.5 Å². The molecule has 180 valence electrons. The molecule has 2 fully saturated rings. The van der Waals surface area contributed by atoms with E-state index in [0.29, 0.717) is 19.1 Å². The molecule has 0 radical (unpaired) electrons. The summed E-state index contributed by atoms with van der Waals surface area (Å²) in [7, 11) is 1.68. The Morgan fingerprint density at radius 3 is 2.56 bits per heavy atom. The normalized spacial score (nSPS) is 25.0. The molecule has 2 aromatic carbocycles. The number of para-hydroxylation sites is 2.